The number of hydrogen-bond acceptors (Lipinski definition) is 2. The van der Waals surface area contributed by atoms with Crippen molar-refractivity contribution in [2.24, 2.45) is 0 Å². The number of hydrogen-bond donors (Lipinski definition) is 3. The van der Waals surface area contributed by atoms with Gasteiger partial charge in [-0.1, -0.05) is 23.7 Å². The number of nitrogens with one attached hydrogen (secondary N) is 2. The molecule has 1 aromatic rings. The first-order chi connectivity index (χ1) is 9.02. The van der Waals surface area contributed by atoms with Gasteiger partial charge in [-0.3, -0.25) is 9.59 Å². The second kappa shape index (κ2) is 7.76. The van der Waals surface area contributed by atoms with Crippen molar-refractivity contribution in [1.29, 1.82) is 0 Å². The lowest BCUT2D eigenvalue weighted by Gasteiger charge is -2.13. The number of quaternary nitrogens is 1. The van der Waals surface area contributed by atoms with Crippen molar-refractivity contribution in [1.82, 2.24) is 10.6 Å². The number of carbonyl (C=O) groups excluding carboxylic acids is 2. The first kappa shape index (κ1) is 15.5. The molecule has 0 saturated heterocycles. The fourth-order valence-corrected chi connectivity index (χ4v) is 1.70. The first-order valence-electron chi connectivity index (χ1n) is 6.10. The number of halogens is 1. The third-order valence-corrected chi connectivity index (χ3v) is 2.94. The van der Waals surface area contributed by atoms with Crippen LogP contribution in [0.5, 0.6) is 0 Å². The highest BCUT2D eigenvalue weighted by Gasteiger charge is 2.11. The number of rotatable bonds is 6. The number of nitrogens with two attached hydrogens (primary N) is 1. The van der Waals surface area contributed by atoms with E-state index in [1.165, 1.54) is 0 Å². The summed E-state index contributed by atoms with van der Waals surface area (Å²) in [7, 11) is 1.57. The van der Waals surface area contributed by atoms with Crippen LogP contribution in [0.4, 0.5) is 0 Å². The molecule has 0 aromatic heterocycles. The molecule has 4 N–H and O–H groups in total. The molecule has 5 nitrogen and oxygen atoms in total. The van der Waals surface area contributed by atoms with Crippen LogP contribution in [0.1, 0.15) is 18.5 Å². The second-order valence-electron chi connectivity index (χ2n) is 4.21. The van der Waals surface area contributed by atoms with Gasteiger partial charge in [0, 0.05) is 12.1 Å². The van der Waals surface area contributed by atoms with Crippen LogP contribution in [0, 0.1) is 0 Å². The third-order valence-electron chi connectivity index (χ3n) is 2.69. The van der Waals surface area contributed by atoms with Crippen molar-refractivity contribution in [2.75, 3.05) is 20.1 Å². The molecule has 0 heterocycles. The van der Waals surface area contributed by atoms with E-state index in [1.54, 1.807) is 24.5 Å². The van der Waals surface area contributed by atoms with Crippen LogP contribution in [0.25, 0.3) is 0 Å². The molecule has 0 aliphatic rings. The lowest BCUT2D eigenvalue weighted by atomic mass is 10.1. The van der Waals surface area contributed by atoms with Crippen LogP contribution in [0.2, 0.25) is 5.02 Å². The number of carbonyl (C=O) groups is 2. The molecule has 104 valence electrons. The van der Waals surface area contributed by atoms with Gasteiger partial charge < -0.3 is 16.0 Å². The second-order valence-corrected chi connectivity index (χ2v) is 4.65. The van der Waals surface area contributed by atoms with Crippen LogP contribution in [-0.2, 0) is 9.59 Å². The van der Waals surface area contributed by atoms with Crippen LogP contribution >= 0.6 is 11.6 Å². The minimum Gasteiger partial charge on any atom is -0.354 e. The lowest BCUT2D eigenvalue weighted by molar-refractivity contribution is -0.633. The molecule has 0 saturated carbocycles. The van der Waals surface area contributed by atoms with E-state index in [2.05, 4.69) is 10.6 Å². The standard InChI is InChI=1S/C13H18ClN3O2/c1-9(10-3-5-11(14)6-4-10)17-13(19)8-16-7-12(18)15-2/h3-6,9,16H,7-8H2,1-2H3,(H,15,18)(H,17,19)/p+1/t9-/m1/s1. The summed E-state index contributed by atoms with van der Waals surface area (Å²) in [5, 5.41) is 7.68. The SMILES string of the molecule is CNC(=O)C[NH2+]CC(=O)N[C@H](C)c1ccc(Cl)cc1. The largest absolute Gasteiger partial charge is 0.354 e. The van der Waals surface area contributed by atoms with Crippen molar-refractivity contribution in [2.45, 2.75) is 13.0 Å². The van der Waals surface area contributed by atoms with E-state index >= 15 is 0 Å². The molecule has 0 fully saturated rings. The third kappa shape index (κ3) is 5.72. The van der Waals surface area contributed by atoms with Gasteiger partial charge in [0.15, 0.2) is 13.1 Å². The molecular formula is C13H19ClN3O2+. The summed E-state index contributed by atoms with van der Waals surface area (Å²) in [6.45, 7) is 2.38. The van der Waals surface area contributed by atoms with Crippen LogP contribution in [0.3, 0.4) is 0 Å². The summed E-state index contributed by atoms with van der Waals surface area (Å²) in [6, 6.07) is 7.25. The number of benzene rings is 1. The Kier molecular flexibility index (Phi) is 6.32. The van der Waals surface area contributed by atoms with E-state index in [-0.39, 0.29) is 30.9 Å². The normalized spacial score (nSPS) is 11.7. The van der Waals surface area contributed by atoms with Crippen LogP contribution in [0.15, 0.2) is 24.3 Å². The molecular weight excluding hydrogens is 266 g/mol. The minimum absolute atomic E-state index is 0.0850. The Morgan fingerprint density at radius 2 is 1.79 bits per heavy atom. The Morgan fingerprint density at radius 1 is 1.21 bits per heavy atom. The summed E-state index contributed by atoms with van der Waals surface area (Å²) in [5.74, 6) is -0.204. The van der Waals surface area contributed by atoms with E-state index in [4.69, 9.17) is 11.6 Å². The highest BCUT2D eigenvalue weighted by molar-refractivity contribution is 6.30. The summed E-state index contributed by atoms with van der Waals surface area (Å²) in [6.07, 6.45) is 0. The van der Waals surface area contributed by atoms with Crippen molar-refractivity contribution in [3.05, 3.63) is 34.9 Å². The molecule has 1 aromatic carbocycles. The predicted molar refractivity (Wildman–Crippen MR) is 73.7 cm³/mol. The maximum Gasteiger partial charge on any atom is 0.275 e. The number of amides is 2. The molecule has 1 rings (SSSR count). The Balaban J connectivity index is 2.35. The molecule has 0 bridgehead atoms. The summed E-state index contributed by atoms with van der Waals surface area (Å²) >= 11 is 5.80. The van der Waals surface area contributed by atoms with Gasteiger partial charge in [0.25, 0.3) is 11.8 Å². The molecule has 0 aliphatic carbocycles. The molecule has 0 radical (unpaired) electrons. The van der Waals surface area contributed by atoms with Gasteiger partial charge in [-0.15, -0.1) is 0 Å². The highest BCUT2D eigenvalue weighted by Crippen LogP contribution is 2.15. The smallest absolute Gasteiger partial charge is 0.275 e. The van der Waals surface area contributed by atoms with E-state index < -0.39 is 0 Å². The van der Waals surface area contributed by atoms with Crippen molar-refractivity contribution < 1.29 is 14.9 Å². The van der Waals surface area contributed by atoms with Crippen molar-refractivity contribution >= 4 is 23.4 Å². The van der Waals surface area contributed by atoms with Gasteiger partial charge in [0.05, 0.1) is 6.04 Å². The van der Waals surface area contributed by atoms with Gasteiger partial charge in [0.1, 0.15) is 0 Å². The maximum atomic E-state index is 11.7. The Morgan fingerprint density at radius 3 is 2.37 bits per heavy atom. The summed E-state index contributed by atoms with van der Waals surface area (Å²) in [4.78, 5) is 22.6. The van der Waals surface area contributed by atoms with E-state index in [0.717, 1.165) is 5.56 Å². The topological polar surface area (TPSA) is 74.8 Å². The quantitative estimate of drug-likeness (QED) is 0.678. The molecule has 0 spiro atoms. The molecule has 6 heteroatoms. The van der Waals surface area contributed by atoms with Crippen molar-refractivity contribution in [3.8, 4) is 0 Å². The van der Waals surface area contributed by atoms with Crippen LogP contribution < -0.4 is 16.0 Å². The zero-order valence-electron chi connectivity index (χ0n) is 11.1. The predicted octanol–water partition coefficient (Wildman–Crippen LogP) is -0.173. The highest BCUT2D eigenvalue weighted by atomic mass is 35.5. The zero-order chi connectivity index (χ0) is 14.3. The van der Waals surface area contributed by atoms with Gasteiger partial charge in [0.2, 0.25) is 0 Å². The average Bonchev–Trinajstić information content (AvgIpc) is 2.39. The van der Waals surface area contributed by atoms with Crippen LogP contribution in [-0.4, -0.2) is 32.0 Å². The van der Waals surface area contributed by atoms with Gasteiger partial charge in [-0.05, 0) is 24.6 Å². The minimum atomic E-state index is -0.105. The summed E-state index contributed by atoms with van der Waals surface area (Å²) < 4.78 is 0. The van der Waals surface area contributed by atoms with Gasteiger partial charge in [-0.2, -0.15) is 0 Å². The van der Waals surface area contributed by atoms with Gasteiger partial charge in [-0.25, -0.2) is 0 Å². The first-order valence-corrected chi connectivity index (χ1v) is 6.47. The van der Waals surface area contributed by atoms with E-state index in [1.807, 2.05) is 19.1 Å². The van der Waals surface area contributed by atoms with Crippen molar-refractivity contribution in [3.63, 3.8) is 0 Å². The summed E-state index contributed by atoms with van der Waals surface area (Å²) in [5.41, 5.74) is 0.990. The Hall–Kier alpha value is -1.59. The maximum absolute atomic E-state index is 11.7. The van der Waals surface area contributed by atoms with E-state index in [9.17, 15) is 9.59 Å². The average molecular weight is 285 g/mol. The van der Waals surface area contributed by atoms with Gasteiger partial charge >= 0.3 is 0 Å². The zero-order valence-corrected chi connectivity index (χ0v) is 11.8. The Labute approximate surface area is 117 Å². The molecule has 0 aliphatic heterocycles. The Bertz CT molecular complexity index is 434. The monoisotopic (exact) mass is 284 g/mol. The number of likely N-dealkylation sites (N-methyl/N-ethyl adjacent to an activating group) is 1. The molecule has 19 heavy (non-hydrogen) atoms. The van der Waals surface area contributed by atoms with E-state index in [0.29, 0.717) is 5.02 Å². The molecule has 2 amide bonds. The molecule has 0 unspecified atom stereocenters. The fraction of sp³-hybridized carbons (Fsp3) is 0.385. The molecule has 1 atom stereocenters. The fourth-order valence-electron chi connectivity index (χ4n) is 1.57. The lowest BCUT2D eigenvalue weighted by Crippen LogP contribution is -2.88.